The molecular formula is C11H9FN4O3S. The van der Waals surface area contributed by atoms with Crippen LogP contribution in [0.15, 0.2) is 22.3 Å². The van der Waals surface area contributed by atoms with Crippen LogP contribution in [0.3, 0.4) is 0 Å². The largest absolute Gasteiger partial charge is 0.303 e. The molecule has 2 rings (SSSR count). The first-order valence-corrected chi connectivity index (χ1v) is 6.44. The maximum atomic E-state index is 13.6. The summed E-state index contributed by atoms with van der Waals surface area (Å²) in [5.74, 6) is -0.541. The minimum Gasteiger partial charge on any atom is -0.303 e. The van der Waals surface area contributed by atoms with E-state index in [0.717, 1.165) is 18.3 Å². The number of nitrogens with zero attached hydrogens (tertiary/aromatic N) is 3. The second-order valence-electron chi connectivity index (χ2n) is 3.85. The van der Waals surface area contributed by atoms with E-state index in [1.807, 2.05) is 0 Å². The molecule has 0 atom stereocenters. The van der Waals surface area contributed by atoms with Gasteiger partial charge in [0.15, 0.2) is 5.17 Å². The highest BCUT2D eigenvalue weighted by atomic mass is 32.2. The molecule has 1 aromatic carbocycles. The highest BCUT2D eigenvalue weighted by Crippen LogP contribution is 2.22. The molecule has 1 fully saturated rings. The van der Waals surface area contributed by atoms with Crippen LogP contribution in [0, 0.1) is 22.9 Å². The van der Waals surface area contributed by atoms with Gasteiger partial charge in [0.05, 0.1) is 16.9 Å². The molecule has 1 saturated heterocycles. The topological polar surface area (TPSA) is 97.0 Å². The summed E-state index contributed by atoms with van der Waals surface area (Å²) in [6.07, 6.45) is 1.09. The number of amidine groups is 1. The summed E-state index contributed by atoms with van der Waals surface area (Å²) in [5, 5.41) is 20.9. The smallest absolute Gasteiger partial charge is 0.273 e. The first kappa shape index (κ1) is 14.1. The summed E-state index contributed by atoms with van der Waals surface area (Å²) in [6, 6.07) is 2.10. The Hall–Kier alpha value is -2.29. The van der Waals surface area contributed by atoms with Gasteiger partial charge in [0.2, 0.25) is 5.91 Å². The van der Waals surface area contributed by atoms with Crippen molar-refractivity contribution >= 4 is 34.7 Å². The number of rotatable bonds is 3. The summed E-state index contributed by atoms with van der Waals surface area (Å²) >= 11 is 1.18. The molecule has 1 aliphatic rings. The second kappa shape index (κ2) is 5.78. The third-order valence-corrected chi connectivity index (χ3v) is 3.42. The van der Waals surface area contributed by atoms with E-state index in [0.29, 0.717) is 5.17 Å². The Bertz CT molecular complexity index is 645. The quantitative estimate of drug-likeness (QED) is 0.520. The Morgan fingerprint density at radius 1 is 1.55 bits per heavy atom. The molecule has 0 aromatic heterocycles. The zero-order valence-electron chi connectivity index (χ0n) is 10.3. The van der Waals surface area contributed by atoms with E-state index < -0.39 is 10.7 Å². The van der Waals surface area contributed by atoms with E-state index in [1.54, 1.807) is 0 Å². The van der Waals surface area contributed by atoms with Crippen molar-refractivity contribution in [1.29, 1.82) is 0 Å². The normalized spacial score (nSPS) is 16.9. The fraction of sp³-hybridized carbons (Fsp3) is 0.182. The molecular weight excluding hydrogens is 287 g/mol. The van der Waals surface area contributed by atoms with Crippen molar-refractivity contribution in [3.63, 3.8) is 0 Å². The number of thioether (sulfide) groups is 1. The lowest BCUT2D eigenvalue weighted by atomic mass is 10.1. The Kier molecular flexibility index (Phi) is 4.08. The van der Waals surface area contributed by atoms with Crippen molar-refractivity contribution < 1.29 is 14.1 Å². The molecule has 1 aliphatic heterocycles. The van der Waals surface area contributed by atoms with Crippen molar-refractivity contribution in [2.24, 2.45) is 10.2 Å². The first-order chi connectivity index (χ1) is 9.49. The fourth-order valence-electron chi connectivity index (χ4n) is 1.56. The van der Waals surface area contributed by atoms with E-state index in [1.165, 1.54) is 18.7 Å². The summed E-state index contributed by atoms with van der Waals surface area (Å²) in [5.41, 5.74) is -0.0241. The molecule has 0 radical (unpaired) electrons. The van der Waals surface area contributed by atoms with Crippen molar-refractivity contribution in [3.8, 4) is 0 Å². The molecule has 1 N–H and O–H groups in total. The van der Waals surface area contributed by atoms with E-state index in [9.17, 15) is 19.3 Å². The fourth-order valence-corrected chi connectivity index (χ4v) is 2.19. The third-order valence-electron chi connectivity index (χ3n) is 2.55. The van der Waals surface area contributed by atoms with Crippen LogP contribution < -0.4 is 5.32 Å². The van der Waals surface area contributed by atoms with Gasteiger partial charge in [-0.25, -0.2) is 4.39 Å². The number of halogens is 1. The number of nitro groups is 1. The maximum absolute atomic E-state index is 13.6. The van der Waals surface area contributed by atoms with Crippen molar-refractivity contribution in [2.45, 2.75) is 6.92 Å². The summed E-state index contributed by atoms with van der Waals surface area (Å²) in [6.45, 7) is 1.43. The minimum absolute atomic E-state index is 0.00197. The summed E-state index contributed by atoms with van der Waals surface area (Å²) in [7, 11) is 0. The number of amides is 1. The van der Waals surface area contributed by atoms with Crippen LogP contribution in [0.4, 0.5) is 10.1 Å². The van der Waals surface area contributed by atoms with Gasteiger partial charge in [0, 0.05) is 17.2 Å². The molecule has 0 aliphatic carbocycles. The van der Waals surface area contributed by atoms with Crippen LogP contribution in [-0.4, -0.2) is 28.0 Å². The van der Waals surface area contributed by atoms with Gasteiger partial charge in [0.1, 0.15) is 5.82 Å². The molecule has 1 aromatic rings. The highest BCUT2D eigenvalue weighted by molar-refractivity contribution is 8.15. The van der Waals surface area contributed by atoms with Crippen LogP contribution in [0.1, 0.15) is 11.1 Å². The van der Waals surface area contributed by atoms with Gasteiger partial charge >= 0.3 is 0 Å². The third kappa shape index (κ3) is 2.99. The van der Waals surface area contributed by atoms with Gasteiger partial charge < -0.3 is 5.32 Å². The van der Waals surface area contributed by atoms with Gasteiger partial charge in [-0.15, -0.1) is 5.10 Å². The van der Waals surface area contributed by atoms with Crippen molar-refractivity contribution in [1.82, 2.24) is 5.32 Å². The molecule has 1 heterocycles. The van der Waals surface area contributed by atoms with E-state index in [2.05, 4.69) is 15.5 Å². The molecule has 1 amide bonds. The Labute approximate surface area is 117 Å². The molecule has 104 valence electrons. The van der Waals surface area contributed by atoms with Gasteiger partial charge in [0.25, 0.3) is 5.69 Å². The Morgan fingerprint density at radius 3 is 2.90 bits per heavy atom. The van der Waals surface area contributed by atoms with Gasteiger partial charge in [-0.1, -0.05) is 11.8 Å². The van der Waals surface area contributed by atoms with Crippen LogP contribution in [0.25, 0.3) is 0 Å². The summed E-state index contributed by atoms with van der Waals surface area (Å²) in [4.78, 5) is 21.1. The van der Waals surface area contributed by atoms with E-state index in [4.69, 9.17) is 0 Å². The predicted molar refractivity (Wildman–Crippen MR) is 73.4 cm³/mol. The molecule has 20 heavy (non-hydrogen) atoms. The molecule has 0 unspecified atom stereocenters. The zero-order valence-corrected chi connectivity index (χ0v) is 11.1. The molecule has 7 nitrogen and oxygen atoms in total. The number of nitrogens with one attached hydrogen (secondary N) is 1. The van der Waals surface area contributed by atoms with Crippen molar-refractivity contribution in [3.05, 3.63) is 39.2 Å². The number of nitro benzene ring substituents is 1. The van der Waals surface area contributed by atoms with Gasteiger partial charge in [-0.3, -0.25) is 14.9 Å². The highest BCUT2D eigenvalue weighted by Gasteiger charge is 2.17. The summed E-state index contributed by atoms with van der Waals surface area (Å²) < 4.78 is 13.6. The second-order valence-corrected chi connectivity index (χ2v) is 4.81. The predicted octanol–water partition coefficient (Wildman–Crippen LogP) is 1.60. The number of carbonyl (C=O) groups is 1. The lowest BCUT2D eigenvalue weighted by Gasteiger charge is -2.02. The molecule has 0 saturated carbocycles. The number of benzene rings is 1. The average molecular weight is 296 g/mol. The van der Waals surface area contributed by atoms with E-state index >= 15 is 0 Å². The lowest BCUT2D eigenvalue weighted by molar-refractivity contribution is -0.385. The number of hydrogen-bond acceptors (Lipinski definition) is 6. The van der Waals surface area contributed by atoms with Crippen LogP contribution in [-0.2, 0) is 4.79 Å². The monoisotopic (exact) mass is 296 g/mol. The van der Waals surface area contributed by atoms with E-state index in [-0.39, 0.29) is 28.5 Å². The number of carbonyl (C=O) groups excluding carboxylic acids is 1. The molecule has 0 bridgehead atoms. The zero-order chi connectivity index (χ0) is 14.7. The standard InChI is InChI=1S/C11H9FN4O3S/c1-6-7(8(12)2-3-9(6)16(18)19)4-13-15-11-14-10(17)5-20-11/h2-4H,5H2,1H3,(H,14,15,17). The van der Waals surface area contributed by atoms with Crippen LogP contribution in [0.2, 0.25) is 0 Å². The number of hydrogen-bond donors (Lipinski definition) is 1. The lowest BCUT2D eigenvalue weighted by Crippen LogP contribution is -2.19. The SMILES string of the molecule is Cc1c([N+](=O)[O-])ccc(F)c1C=NN=C1NC(=O)CS1. The minimum atomic E-state index is -0.625. The molecule has 9 heteroatoms. The maximum Gasteiger partial charge on any atom is 0.273 e. The van der Waals surface area contributed by atoms with Crippen molar-refractivity contribution in [2.75, 3.05) is 5.75 Å². The van der Waals surface area contributed by atoms with Gasteiger partial charge in [-0.05, 0) is 13.0 Å². The first-order valence-electron chi connectivity index (χ1n) is 5.46. The Balaban J connectivity index is 2.27. The Morgan fingerprint density at radius 2 is 2.30 bits per heavy atom. The molecule has 0 spiro atoms. The van der Waals surface area contributed by atoms with Crippen LogP contribution in [0.5, 0.6) is 0 Å². The van der Waals surface area contributed by atoms with Crippen LogP contribution >= 0.6 is 11.8 Å². The van der Waals surface area contributed by atoms with Gasteiger partial charge in [-0.2, -0.15) is 5.10 Å². The average Bonchev–Trinajstić information content (AvgIpc) is 2.78.